The highest BCUT2D eigenvalue weighted by Crippen LogP contribution is 2.43. The number of aryl methyl sites for hydroxylation is 1. The molecule has 3 N–H and O–H groups in total. The number of rotatable bonds is 25. The lowest BCUT2D eigenvalue weighted by Crippen LogP contribution is -2.34. The van der Waals surface area contributed by atoms with Gasteiger partial charge in [-0.15, -0.1) is 5.10 Å². The molecule has 14 nitrogen and oxygen atoms in total. The van der Waals surface area contributed by atoms with E-state index in [2.05, 4.69) is 20.9 Å². The van der Waals surface area contributed by atoms with Gasteiger partial charge in [0.1, 0.15) is 11.5 Å². The summed E-state index contributed by atoms with van der Waals surface area (Å²) in [6, 6.07) is 15.6. The minimum Gasteiger partial charge on any atom is -0.379 e. The Balaban J connectivity index is 1.27. The fourth-order valence-electron chi connectivity index (χ4n) is 6.32. The molecule has 4 rings (SSSR count). The van der Waals surface area contributed by atoms with Crippen LogP contribution in [0.4, 0.5) is 5.69 Å². The first-order chi connectivity index (χ1) is 27.0. The van der Waals surface area contributed by atoms with Gasteiger partial charge in [0, 0.05) is 69.5 Å². The molecule has 0 aliphatic carbocycles. The maximum atomic E-state index is 13.8. The van der Waals surface area contributed by atoms with Gasteiger partial charge in [0.25, 0.3) is 0 Å². The molecule has 3 aromatic rings. The Labute approximate surface area is 335 Å². The first kappa shape index (κ1) is 44.9. The van der Waals surface area contributed by atoms with E-state index in [0.717, 1.165) is 67.3 Å². The van der Waals surface area contributed by atoms with Crippen molar-refractivity contribution in [1.29, 1.82) is 0 Å². The molecule has 2 aromatic carbocycles. The second-order valence-corrected chi connectivity index (χ2v) is 17.0. The molecular weight excluding hydrogens is 756 g/mol. The number of ether oxygens (including phenoxy) is 1. The highest BCUT2D eigenvalue weighted by Gasteiger charge is 2.29. The zero-order valence-corrected chi connectivity index (χ0v) is 34.6. The molecule has 0 fully saturated rings. The van der Waals surface area contributed by atoms with Crippen molar-refractivity contribution in [1.82, 2.24) is 25.6 Å². The molecule has 56 heavy (non-hydrogen) atoms. The number of Topliss-reactive ketones (excluding diaryl/α,β-unsaturated/α-hetero) is 1. The van der Waals surface area contributed by atoms with E-state index in [1.54, 1.807) is 4.90 Å². The first-order valence-corrected chi connectivity index (χ1v) is 22.2. The minimum absolute atomic E-state index is 0.0252. The van der Waals surface area contributed by atoms with Crippen molar-refractivity contribution in [3.8, 4) is 22.5 Å². The fourth-order valence-corrected chi connectivity index (χ4v) is 7.01. The van der Waals surface area contributed by atoms with Gasteiger partial charge in [0.15, 0.2) is 0 Å². The van der Waals surface area contributed by atoms with Gasteiger partial charge in [-0.25, -0.2) is 4.68 Å². The number of fused-ring (bicyclic) bond motifs is 5. The number of ketones is 1. The summed E-state index contributed by atoms with van der Waals surface area (Å²) in [5.41, 5.74) is 4.95. The predicted octanol–water partition coefficient (Wildman–Crippen LogP) is 6.10. The zero-order valence-electron chi connectivity index (χ0n) is 32.9. The average Bonchev–Trinajstić information content (AvgIpc) is 3.60. The second kappa shape index (κ2) is 23.4. The Hall–Kier alpha value is -3.85. The van der Waals surface area contributed by atoms with Crippen molar-refractivity contribution in [3.63, 3.8) is 0 Å². The summed E-state index contributed by atoms with van der Waals surface area (Å²) in [4.78, 5) is 61.9. The molecule has 3 amide bonds. The monoisotopic (exact) mass is 812 g/mol. The van der Waals surface area contributed by atoms with Gasteiger partial charge < -0.3 is 34.2 Å². The van der Waals surface area contributed by atoms with E-state index in [1.807, 2.05) is 67.1 Å². The molecule has 1 unspecified atom stereocenters. The Kier molecular flexibility index (Phi) is 18.7. The van der Waals surface area contributed by atoms with Gasteiger partial charge in [-0.3, -0.25) is 19.2 Å². The number of amides is 3. The van der Waals surface area contributed by atoms with Crippen molar-refractivity contribution >= 4 is 47.7 Å². The average molecular weight is 813 g/mol. The van der Waals surface area contributed by atoms with Gasteiger partial charge in [0.05, 0.1) is 37.7 Å². The van der Waals surface area contributed by atoms with Crippen molar-refractivity contribution in [2.24, 2.45) is 5.92 Å². The number of hydrogen-bond donors (Lipinski definition) is 3. The molecular formula is C40H57N6O8PS. The van der Waals surface area contributed by atoms with Crippen LogP contribution in [0.15, 0.2) is 48.5 Å². The molecule has 0 saturated heterocycles. The van der Waals surface area contributed by atoms with Gasteiger partial charge in [-0.2, -0.15) is 0 Å². The topological polar surface area (TPSA) is 174 Å². The summed E-state index contributed by atoms with van der Waals surface area (Å²) >= 11 is 4.81. The molecule has 0 saturated carbocycles. The van der Waals surface area contributed by atoms with Crippen LogP contribution in [0.3, 0.4) is 0 Å². The number of carbonyl (C=O) groups excluding carboxylic acids is 4. The van der Waals surface area contributed by atoms with Crippen LogP contribution in [-0.2, 0) is 57.9 Å². The third-order valence-corrected chi connectivity index (χ3v) is 11.2. The third kappa shape index (κ3) is 14.3. The van der Waals surface area contributed by atoms with Gasteiger partial charge in [0.2, 0.25) is 17.7 Å². The number of benzene rings is 2. The predicted molar refractivity (Wildman–Crippen MR) is 219 cm³/mol. The summed E-state index contributed by atoms with van der Waals surface area (Å²) in [5.74, 6) is -0.256. The minimum atomic E-state index is -3.09. The molecule has 1 aliphatic rings. The summed E-state index contributed by atoms with van der Waals surface area (Å²) in [7, 11) is 1.34. The summed E-state index contributed by atoms with van der Waals surface area (Å²) in [5, 5.41) is 15.0. The molecule has 2 heterocycles. The van der Waals surface area contributed by atoms with Gasteiger partial charge in [-0.05, 0) is 49.1 Å². The lowest BCUT2D eigenvalue weighted by Gasteiger charge is -2.28. The Morgan fingerprint density at radius 3 is 2.30 bits per heavy atom. The van der Waals surface area contributed by atoms with Crippen molar-refractivity contribution < 1.29 is 37.9 Å². The van der Waals surface area contributed by atoms with Crippen LogP contribution in [0.25, 0.3) is 22.5 Å². The third-order valence-electron chi connectivity index (χ3n) is 9.51. The smallest absolute Gasteiger partial charge is 0.324 e. The van der Waals surface area contributed by atoms with Gasteiger partial charge in [-0.1, -0.05) is 80.8 Å². The van der Waals surface area contributed by atoms with Crippen molar-refractivity contribution in [2.75, 3.05) is 44.9 Å². The van der Waals surface area contributed by atoms with Crippen LogP contribution in [0, 0.1) is 5.92 Å². The molecule has 0 bridgehead atoms. The van der Waals surface area contributed by atoms with E-state index >= 15 is 0 Å². The lowest BCUT2D eigenvalue weighted by molar-refractivity contribution is -0.125. The van der Waals surface area contributed by atoms with Crippen molar-refractivity contribution in [2.45, 2.75) is 97.6 Å². The summed E-state index contributed by atoms with van der Waals surface area (Å²) in [6.45, 7) is 3.47. The Morgan fingerprint density at radius 1 is 0.821 bits per heavy atom. The van der Waals surface area contributed by atoms with E-state index in [1.165, 1.54) is 7.11 Å². The lowest BCUT2D eigenvalue weighted by atomic mass is 9.95. The Morgan fingerprint density at radius 2 is 1.52 bits per heavy atom. The molecule has 1 aliphatic heterocycles. The maximum absolute atomic E-state index is 13.8. The van der Waals surface area contributed by atoms with E-state index in [9.17, 15) is 24.1 Å². The number of carbonyl (C=O) groups is 4. The van der Waals surface area contributed by atoms with Crippen molar-refractivity contribution in [3.05, 3.63) is 54.1 Å². The number of aromatic nitrogens is 3. The molecule has 1 aromatic heterocycles. The van der Waals surface area contributed by atoms with Crippen LogP contribution in [0.2, 0.25) is 0 Å². The number of para-hydroxylation sites is 1. The molecule has 1 atom stereocenters. The van der Waals surface area contributed by atoms with E-state index in [-0.39, 0.29) is 42.3 Å². The number of anilines is 1. The van der Waals surface area contributed by atoms with Crippen LogP contribution in [0.5, 0.6) is 0 Å². The van der Waals surface area contributed by atoms with Crippen LogP contribution >= 0.6 is 6.72 Å². The molecule has 0 spiro atoms. The standard InChI is InChI=1S/C40H57N6O8PS/c1-30(2)35(47)22-27-53-28-24-42-37(49)20-21-38(50)45-29-31-15-8-9-16-32(31)40-39(33-17-10-11-18-34(33)45)43-44-46(40)25-13-6-7-19-36(48)41-23-12-4-5-14-26-54-55(51,56)52-3/h8-11,15-18,30H,4-7,12-14,19-29H2,1-3H3,(H,41,48)(H,42,49)(H,51,56). The normalized spacial score (nSPS) is 13.2. The molecule has 16 heteroatoms. The number of nitrogens with zero attached hydrogens (tertiary/aromatic N) is 4. The largest absolute Gasteiger partial charge is 0.379 e. The number of unbranched alkanes of at least 4 members (excludes halogenated alkanes) is 5. The fraction of sp³-hybridized carbons (Fsp3) is 0.550. The molecule has 0 radical (unpaired) electrons. The SMILES string of the molecule is COP(O)(=S)OCCCCCCNC(=O)CCCCCn1nnc2c1-c1ccccc1CN(C(=O)CCC(=O)NCCOCCC(=O)C(C)C)c1ccccc1-2. The van der Waals surface area contributed by atoms with Gasteiger partial charge >= 0.3 is 6.72 Å². The highest BCUT2D eigenvalue weighted by molar-refractivity contribution is 8.07. The zero-order chi connectivity index (χ0) is 40.3. The quantitative estimate of drug-likeness (QED) is 0.0666. The van der Waals surface area contributed by atoms with Crippen LogP contribution < -0.4 is 15.5 Å². The highest BCUT2D eigenvalue weighted by atomic mass is 32.5. The van der Waals surface area contributed by atoms with Crippen LogP contribution in [-0.4, -0.2) is 83.4 Å². The van der Waals surface area contributed by atoms with Crippen LogP contribution in [0.1, 0.15) is 90.0 Å². The molecule has 306 valence electrons. The summed E-state index contributed by atoms with van der Waals surface area (Å²) in [6.07, 6.45) is 6.79. The summed E-state index contributed by atoms with van der Waals surface area (Å²) < 4.78 is 17.3. The number of nitrogens with one attached hydrogen (secondary N) is 2. The first-order valence-electron chi connectivity index (χ1n) is 19.6. The maximum Gasteiger partial charge on any atom is 0.324 e. The Bertz CT molecular complexity index is 1800. The number of hydrogen-bond acceptors (Lipinski definition) is 10. The van der Waals surface area contributed by atoms with E-state index < -0.39 is 6.72 Å². The van der Waals surface area contributed by atoms with E-state index in [4.69, 9.17) is 25.6 Å². The van der Waals surface area contributed by atoms with E-state index in [0.29, 0.717) is 70.2 Å². The second-order valence-electron chi connectivity index (χ2n) is 14.1.